The van der Waals surface area contributed by atoms with E-state index in [1.165, 1.54) is 0 Å². The number of carbonyl (C=O) groups is 2. The van der Waals surface area contributed by atoms with Crippen molar-refractivity contribution in [2.45, 2.75) is 19.4 Å². The van der Waals surface area contributed by atoms with Gasteiger partial charge in [0.2, 0.25) is 0 Å². The highest BCUT2D eigenvalue weighted by atomic mass is 16.2. The molecule has 0 radical (unpaired) electrons. The molecule has 4 nitrogen and oxygen atoms in total. The minimum absolute atomic E-state index is 0.171. The Hall–Kier alpha value is -1.32. The Morgan fingerprint density at radius 3 is 2.18 bits per heavy atom. The zero-order valence-corrected chi connectivity index (χ0v) is 6.34. The number of carbonyl (C=O) groups excluding carboxylic acids is 2. The first-order valence-corrected chi connectivity index (χ1v) is 3.21. The van der Waals surface area contributed by atoms with Gasteiger partial charge in [0.1, 0.15) is 5.57 Å². The van der Waals surface area contributed by atoms with Gasteiger partial charge in [0, 0.05) is 0 Å². The molecule has 1 heterocycles. The van der Waals surface area contributed by atoms with Gasteiger partial charge in [-0.2, -0.15) is 0 Å². The van der Waals surface area contributed by atoms with E-state index >= 15 is 0 Å². The quantitative estimate of drug-likeness (QED) is 0.292. The molecule has 1 saturated heterocycles. The summed E-state index contributed by atoms with van der Waals surface area (Å²) in [6.07, 6.45) is 0.548. The lowest BCUT2D eigenvalue weighted by molar-refractivity contribution is -0.118. The minimum Gasteiger partial charge on any atom is -0.515 e. The van der Waals surface area contributed by atoms with E-state index in [2.05, 4.69) is 5.32 Å². The first-order valence-electron chi connectivity index (χ1n) is 3.21. The summed E-state index contributed by atoms with van der Waals surface area (Å²) in [6, 6.07) is 0. The molecule has 0 saturated carbocycles. The predicted octanol–water partition coefficient (Wildman–Crippen LogP) is -0.0942. The van der Waals surface area contributed by atoms with Crippen molar-refractivity contribution >= 4 is 11.7 Å². The molecule has 1 aliphatic rings. The first-order chi connectivity index (χ1) is 4.99. The third-order valence-electron chi connectivity index (χ3n) is 1.61. The maximum absolute atomic E-state index is 11.2. The van der Waals surface area contributed by atoms with Gasteiger partial charge < -0.3 is 10.4 Å². The van der Waals surface area contributed by atoms with Gasteiger partial charge in [-0.3, -0.25) is 9.59 Å². The molecule has 0 unspecified atom stereocenters. The maximum atomic E-state index is 11.2. The second-order valence-electron chi connectivity index (χ2n) is 2.95. The summed E-state index contributed by atoms with van der Waals surface area (Å²) in [5.41, 5.74) is -1.04. The van der Waals surface area contributed by atoms with Crippen LogP contribution < -0.4 is 5.32 Å². The molecule has 4 heteroatoms. The average Bonchev–Trinajstić information content (AvgIpc) is 2.04. The number of hydrogen-bond acceptors (Lipinski definition) is 3. The van der Waals surface area contributed by atoms with Crippen LogP contribution in [0.5, 0.6) is 0 Å². The van der Waals surface area contributed by atoms with Gasteiger partial charge in [0.25, 0.3) is 5.91 Å². The maximum Gasteiger partial charge on any atom is 0.258 e. The zero-order chi connectivity index (χ0) is 8.65. The summed E-state index contributed by atoms with van der Waals surface area (Å²) in [7, 11) is 0. The summed E-state index contributed by atoms with van der Waals surface area (Å²) in [5.74, 6) is -0.882. The van der Waals surface area contributed by atoms with E-state index in [1.54, 1.807) is 13.8 Å². The number of aliphatic hydroxyl groups excluding tert-OH is 1. The Kier molecular flexibility index (Phi) is 1.47. The van der Waals surface area contributed by atoms with Crippen LogP contribution in [0.25, 0.3) is 0 Å². The van der Waals surface area contributed by atoms with Crippen LogP contribution in [0.3, 0.4) is 0 Å². The van der Waals surface area contributed by atoms with Crippen molar-refractivity contribution in [3.05, 3.63) is 11.8 Å². The van der Waals surface area contributed by atoms with Gasteiger partial charge in [-0.15, -0.1) is 0 Å². The highest BCUT2D eigenvalue weighted by Gasteiger charge is 2.42. The number of Topliss-reactive ketones (excluding diaryl/α,β-unsaturated/α-hetero) is 1. The molecule has 1 fully saturated rings. The SMILES string of the molecule is CC1(C)NC(=O)/C(=C/O)C1=O. The molecule has 2 N–H and O–H groups in total. The summed E-state index contributed by atoms with van der Waals surface area (Å²) < 4.78 is 0. The van der Waals surface area contributed by atoms with Crippen molar-refractivity contribution in [3.63, 3.8) is 0 Å². The van der Waals surface area contributed by atoms with E-state index in [9.17, 15) is 9.59 Å². The molecule has 11 heavy (non-hydrogen) atoms. The molecule has 0 atom stereocenters. The molecular formula is C7H9NO3. The Balaban J connectivity index is 3.08. The van der Waals surface area contributed by atoms with Gasteiger partial charge in [0.15, 0.2) is 5.78 Å². The Morgan fingerprint density at radius 1 is 1.45 bits per heavy atom. The number of rotatable bonds is 0. The van der Waals surface area contributed by atoms with Gasteiger partial charge in [-0.1, -0.05) is 0 Å². The Bertz CT molecular complexity index is 252. The number of amides is 1. The second kappa shape index (κ2) is 2.08. The van der Waals surface area contributed by atoms with Gasteiger partial charge >= 0.3 is 0 Å². The van der Waals surface area contributed by atoms with Gasteiger partial charge in [-0.25, -0.2) is 0 Å². The third-order valence-corrected chi connectivity index (χ3v) is 1.61. The fraction of sp³-hybridized carbons (Fsp3) is 0.429. The molecular weight excluding hydrogens is 146 g/mol. The van der Waals surface area contributed by atoms with Crippen molar-refractivity contribution in [2.24, 2.45) is 0 Å². The Morgan fingerprint density at radius 2 is 2.00 bits per heavy atom. The smallest absolute Gasteiger partial charge is 0.258 e. The lowest BCUT2D eigenvalue weighted by atomic mass is 10.00. The van der Waals surface area contributed by atoms with Crippen molar-refractivity contribution < 1.29 is 14.7 Å². The standard InChI is InChI=1S/C7H9NO3/c1-7(2)5(10)4(3-9)6(11)8-7/h3,9H,1-2H3,(H,8,11)/b4-3+. The van der Waals surface area contributed by atoms with Crippen LogP contribution in [0.1, 0.15) is 13.8 Å². The summed E-state index contributed by atoms with van der Waals surface area (Å²) in [4.78, 5) is 22.0. The van der Waals surface area contributed by atoms with Crippen LogP contribution in [0.4, 0.5) is 0 Å². The molecule has 0 aliphatic carbocycles. The topological polar surface area (TPSA) is 66.4 Å². The normalized spacial score (nSPS) is 25.8. The van der Waals surface area contributed by atoms with Gasteiger partial charge in [-0.05, 0) is 13.8 Å². The lowest BCUT2D eigenvalue weighted by Crippen LogP contribution is -2.39. The monoisotopic (exact) mass is 155 g/mol. The lowest BCUT2D eigenvalue weighted by Gasteiger charge is -2.13. The molecule has 0 bridgehead atoms. The van der Waals surface area contributed by atoms with Crippen LogP contribution in [-0.4, -0.2) is 22.3 Å². The summed E-state index contributed by atoms with van der Waals surface area (Å²) in [6.45, 7) is 3.17. The highest BCUT2D eigenvalue weighted by Crippen LogP contribution is 2.18. The molecule has 60 valence electrons. The average molecular weight is 155 g/mol. The highest BCUT2D eigenvalue weighted by molar-refractivity contribution is 6.27. The van der Waals surface area contributed by atoms with Crippen molar-refractivity contribution in [1.29, 1.82) is 0 Å². The fourth-order valence-corrected chi connectivity index (χ4v) is 0.965. The van der Waals surface area contributed by atoms with E-state index in [1.807, 2.05) is 0 Å². The van der Waals surface area contributed by atoms with Crippen molar-refractivity contribution in [3.8, 4) is 0 Å². The van der Waals surface area contributed by atoms with Crippen LogP contribution in [-0.2, 0) is 9.59 Å². The Labute approximate surface area is 63.9 Å². The summed E-state index contributed by atoms with van der Waals surface area (Å²) >= 11 is 0. The summed E-state index contributed by atoms with van der Waals surface area (Å²) in [5, 5.41) is 10.9. The van der Waals surface area contributed by atoms with E-state index in [4.69, 9.17) is 5.11 Å². The van der Waals surface area contributed by atoms with E-state index in [0.29, 0.717) is 6.26 Å². The number of aliphatic hydroxyl groups is 1. The second-order valence-corrected chi connectivity index (χ2v) is 2.95. The van der Waals surface area contributed by atoms with Crippen LogP contribution in [0, 0.1) is 0 Å². The van der Waals surface area contributed by atoms with Crippen LogP contribution in [0.2, 0.25) is 0 Å². The first kappa shape index (κ1) is 7.78. The fourth-order valence-electron chi connectivity index (χ4n) is 0.965. The van der Waals surface area contributed by atoms with Crippen molar-refractivity contribution in [2.75, 3.05) is 0 Å². The molecule has 0 aromatic heterocycles. The van der Waals surface area contributed by atoms with E-state index in [0.717, 1.165) is 0 Å². The number of nitrogens with one attached hydrogen (secondary N) is 1. The molecule has 1 amide bonds. The minimum atomic E-state index is -0.869. The molecule has 0 aromatic rings. The largest absolute Gasteiger partial charge is 0.515 e. The zero-order valence-electron chi connectivity index (χ0n) is 6.34. The predicted molar refractivity (Wildman–Crippen MR) is 37.9 cm³/mol. The van der Waals surface area contributed by atoms with Crippen molar-refractivity contribution in [1.82, 2.24) is 5.32 Å². The molecule has 1 rings (SSSR count). The van der Waals surface area contributed by atoms with Crippen LogP contribution >= 0.6 is 0 Å². The third kappa shape index (κ3) is 1.00. The molecule has 0 aromatic carbocycles. The van der Waals surface area contributed by atoms with Gasteiger partial charge in [0.05, 0.1) is 11.8 Å². The van der Waals surface area contributed by atoms with E-state index in [-0.39, 0.29) is 11.4 Å². The van der Waals surface area contributed by atoms with Crippen LogP contribution in [0.15, 0.2) is 11.8 Å². The van der Waals surface area contributed by atoms with E-state index < -0.39 is 11.4 Å². The number of ketones is 1. The number of hydrogen-bond donors (Lipinski definition) is 2. The molecule has 0 spiro atoms. The molecule has 1 aliphatic heterocycles.